The first-order chi connectivity index (χ1) is 12.0. The Bertz CT molecular complexity index is 674. The standard InChI is InChI=1S/C20H27N3O2/c1-5-19(17-9-11-21-12-10-17)23(4)20(24)22-14-16-7-6-8-18(13-16)25-15(2)3/h6-13,15,19H,5,14H2,1-4H3,(H,22,24)/t19-/m1/s1. The monoisotopic (exact) mass is 341 g/mol. The second-order valence-corrected chi connectivity index (χ2v) is 6.29. The third-order valence-corrected chi connectivity index (χ3v) is 3.98. The SMILES string of the molecule is CC[C@H](c1ccncc1)N(C)C(=O)NCc1cccc(OC(C)C)c1. The normalized spacial score (nSPS) is 11.9. The molecule has 1 aromatic heterocycles. The molecule has 0 radical (unpaired) electrons. The van der Waals surface area contributed by atoms with Gasteiger partial charge < -0.3 is 15.0 Å². The molecule has 1 heterocycles. The zero-order valence-corrected chi connectivity index (χ0v) is 15.4. The second kappa shape index (κ2) is 9.06. The van der Waals surface area contributed by atoms with Crippen LogP contribution in [0.5, 0.6) is 5.75 Å². The van der Waals surface area contributed by atoms with E-state index in [0.717, 1.165) is 23.3 Å². The lowest BCUT2D eigenvalue weighted by Crippen LogP contribution is -2.39. The highest BCUT2D eigenvalue weighted by Gasteiger charge is 2.19. The smallest absolute Gasteiger partial charge is 0.317 e. The topological polar surface area (TPSA) is 54.5 Å². The lowest BCUT2D eigenvalue weighted by atomic mass is 10.1. The van der Waals surface area contributed by atoms with Crippen molar-refractivity contribution in [1.82, 2.24) is 15.2 Å². The summed E-state index contributed by atoms with van der Waals surface area (Å²) in [6.07, 6.45) is 4.47. The van der Waals surface area contributed by atoms with Gasteiger partial charge in [0.25, 0.3) is 0 Å². The van der Waals surface area contributed by atoms with Gasteiger partial charge in [0.2, 0.25) is 0 Å². The maximum atomic E-state index is 12.5. The molecule has 1 atom stereocenters. The van der Waals surface area contributed by atoms with Crippen LogP contribution in [0.25, 0.3) is 0 Å². The maximum Gasteiger partial charge on any atom is 0.317 e. The van der Waals surface area contributed by atoms with E-state index < -0.39 is 0 Å². The van der Waals surface area contributed by atoms with E-state index in [4.69, 9.17) is 4.74 Å². The molecule has 0 fully saturated rings. The summed E-state index contributed by atoms with van der Waals surface area (Å²) in [6, 6.07) is 11.6. The lowest BCUT2D eigenvalue weighted by molar-refractivity contribution is 0.188. The Morgan fingerprint density at radius 1 is 1.24 bits per heavy atom. The van der Waals surface area contributed by atoms with Crippen LogP contribution in [0.3, 0.4) is 0 Å². The van der Waals surface area contributed by atoms with Gasteiger partial charge in [0.15, 0.2) is 0 Å². The number of carbonyl (C=O) groups excluding carboxylic acids is 1. The van der Waals surface area contributed by atoms with Gasteiger partial charge in [-0.15, -0.1) is 0 Å². The third-order valence-electron chi connectivity index (χ3n) is 3.98. The quantitative estimate of drug-likeness (QED) is 0.822. The maximum absolute atomic E-state index is 12.5. The number of hydrogen-bond acceptors (Lipinski definition) is 3. The number of ether oxygens (including phenoxy) is 1. The molecule has 0 aliphatic heterocycles. The predicted octanol–water partition coefficient (Wildman–Crippen LogP) is 4.16. The number of amides is 2. The predicted molar refractivity (Wildman–Crippen MR) is 99.5 cm³/mol. The Kier molecular flexibility index (Phi) is 6.81. The van der Waals surface area contributed by atoms with Gasteiger partial charge in [-0.1, -0.05) is 19.1 Å². The molecular weight excluding hydrogens is 314 g/mol. The van der Waals surface area contributed by atoms with Crippen molar-refractivity contribution in [3.63, 3.8) is 0 Å². The molecule has 1 N–H and O–H groups in total. The van der Waals surface area contributed by atoms with Crippen LogP contribution in [-0.2, 0) is 6.54 Å². The molecule has 1 aromatic carbocycles. The number of urea groups is 1. The summed E-state index contributed by atoms with van der Waals surface area (Å²) in [5.41, 5.74) is 2.10. The molecule has 0 saturated heterocycles. The zero-order valence-electron chi connectivity index (χ0n) is 15.4. The first kappa shape index (κ1) is 18.8. The molecule has 134 valence electrons. The van der Waals surface area contributed by atoms with E-state index in [1.54, 1.807) is 17.3 Å². The van der Waals surface area contributed by atoms with Crippen LogP contribution in [0, 0.1) is 0 Å². The molecule has 0 aliphatic carbocycles. The van der Waals surface area contributed by atoms with E-state index in [2.05, 4.69) is 17.2 Å². The summed E-state index contributed by atoms with van der Waals surface area (Å²) in [4.78, 5) is 18.3. The van der Waals surface area contributed by atoms with Crippen molar-refractivity contribution in [1.29, 1.82) is 0 Å². The van der Waals surface area contributed by atoms with Gasteiger partial charge in [0, 0.05) is 26.0 Å². The first-order valence-electron chi connectivity index (χ1n) is 8.67. The molecule has 2 amide bonds. The fourth-order valence-electron chi connectivity index (χ4n) is 2.76. The molecule has 0 bridgehead atoms. The van der Waals surface area contributed by atoms with Crippen molar-refractivity contribution in [2.75, 3.05) is 7.05 Å². The van der Waals surface area contributed by atoms with Crippen molar-refractivity contribution >= 4 is 6.03 Å². The van der Waals surface area contributed by atoms with E-state index in [-0.39, 0.29) is 18.2 Å². The highest BCUT2D eigenvalue weighted by atomic mass is 16.5. The minimum atomic E-state index is -0.0983. The Hall–Kier alpha value is -2.56. The summed E-state index contributed by atoms with van der Waals surface area (Å²) in [6.45, 7) is 6.52. The molecule has 5 nitrogen and oxygen atoms in total. The lowest BCUT2D eigenvalue weighted by Gasteiger charge is -2.28. The molecular formula is C20H27N3O2. The van der Waals surface area contributed by atoms with Gasteiger partial charge in [-0.25, -0.2) is 4.79 Å². The van der Waals surface area contributed by atoms with Crippen LogP contribution >= 0.6 is 0 Å². The highest BCUT2D eigenvalue weighted by molar-refractivity contribution is 5.74. The largest absolute Gasteiger partial charge is 0.491 e. The Morgan fingerprint density at radius 2 is 1.96 bits per heavy atom. The van der Waals surface area contributed by atoms with E-state index in [1.165, 1.54) is 0 Å². The van der Waals surface area contributed by atoms with Crippen molar-refractivity contribution in [2.24, 2.45) is 0 Å². The summed E-state index contributed by atoms with van der Waals surface area (Å²) in [7, 11) is 1.82. The number of aromatic nitrogens is 1. The third kappa shape index (κ3) is 5.48. The number of rotatable bonds is 7. The molecule has 25 heavy (non-hydrogen) atoms. The fraction of sp³-hybridized carbons (Fsp3) is 0.400. The average molecular weight is 341 g/mol. The van der Waals surface area contributed by atoms with Gasteiger partial charge in [-0.3, -0.25) is 4.98 Å². The van der Waals surface area contributed by atoms with Gasteiger partial charge >= 0.3 is 6.03 Å². The van der Waals surface area contributed by atoms with E-state index in [0.29, 0.717) is 6.54 Å². The molecule has 0 unspecified atom stereocenters. The second-order valence-electron chi connectivity index (χ2n) is 6.29. The number of hydrogen-bond donors (Lipinski definition) is 1. The van der Waals surface area contributed by atoms with Gasteiger partial charge in [0.1, 0.15) is 5.75 Å². The summed E-state index contributed by atoms with van der Waals surface area (Å²) in [5, 5.41) is 2.98. The van der Waals surface area contributed by atoms with E-state index in [1.807, 2.05) is 57.3 Å². The minimum absolute atomic E-state index is 0.0265. The van der Waals surface area contributed by atoms with Gasteiger partial charge in [0.05, 0.1) is 12.1 Å². The van der Waals surface area contributed by atoms with Crippen LogP contribution in [-0.4, -0.2) is 29.1 Å². The molecule has 2 aromatic rings. The van der Waals surface area contributed by atoms with Crippen LogP contribution in [0.15, 0.2) is 48.8 Å². The van der Waals surface area contributed by atoms with Gasteiger partial charge in [-0.05, 0) is 55.7 Å². The fourth-order valence-corrected chi connectivity index (χ4v) is 2.76. The molecule has 2 rings (SSSR count). The van der Waals surface area contributed by atoms with Crippen molar-refractivity contribution < 1.29 is 9.53 Å². The summed E-state index contributed by atoms with van der Waals surface area (Å²) >= 11 is 0. The number of nitrogens with one attached hydrogen (secondary N) is 1. The van der Waals surface area contributed by atoms with Crippen LogP contribution in [0.4, 0.5) is 4.79 Å². The number of benzene rings is 1. The zero-order chi connectivity index (χ0) is 18.2. The summed E-state index contributed by atoms with van der Waals surface area (Å²) in [5.74, 6) is 0.818. The van der Waals surface area contributed by atoms with E-state index in [9.17, 15) is 4.79 Å². The van der Waals surface area contributed by atoms with Crippen LogP contribution < -0.4 is 10.1 Å². The first-order valence-corrected chi connectivity index (χ1v) is 8.67. The van der Waals surface area contributed by atoms with Crippen molar-refractivity contribution in [2.45, 2.75) is 45.9 Å². The van der Waals surface area contributed by atoms with Crippen LogP contribution in [0.2, 0.25) is 0 Å². The highest BCUT2D eigenvalue weighted by Crippen LogP contribution is 2.22. The number of pyridine rings is 1. The minimum Gasteiger partial charge on any atom is -0.491 e. The summed E-state index contributed by atoms with van der Waals surface area (Å²) < 4.78 is 5.69. The average Bonchev–Trinajstić information content (AvgIpc) is 2.61. The number of nitrogens with zero attached hydrogens (tertiary/aromatic N) is 2. The molecule has 0 spiro atoms. The molecule has 0 aliphatic rings. The van der Waals surface area contributed by atoms with E-state index >= 15 is 0 Å². The molecule has 0 saturated carbocycles. The molecule has 5 heteroatoms. The van der Waals surface area contributed by atoms with Crippen LogP contribution in [0.1, 0.15) is 44.4 Å². The Balaban J connectivity index is 1.97. The number of carbonyl (C=O) groups is 1. The van der Waals surface area contributed by atoms with Gasteiger partial charge in [-0.2, -0.15) is 0 Å². The van der Waals surface area contributed by atoms with Crippen molar-refractivity contribution in [3.05, 3.63) is 59.9 Å². The van der Waals surface area contributed by atoms with Crippen molar-refractivity contribution in [3.8, 4) is 5.75 Å². The Labute approximate surface area is 150 Å². The Morgan fingerprint density at radius 3 is 2.60 bits per heavy atom.